The maximum atomic E-state index is 12.1. The first kappa shape index (κ1) is 13.5. The monoisotopic (exact) mass is 288 g/mol. The standard InChI is InChI=1S/C13H16N6O2/c1-2-11(20)10-9-17(16-14-10)7-8-19-13(21)18-6-4-3-5-12(18)15-19/h3-6,9,11,20H,2,7-8H2,1H3. The Kier molecular flexibility index (Phi) is 3.53. The molecule has 0 fully saturated rings. The fraction of sp³-hybridized carbons (Fsp3) is 0.385. The van der Waals surface area contributed by atoms with E-state index in [0.29, 0.717) is 30.9 Å². The van der Waals surface area contributed by atoms with Crippen LogP contribution in [0.3, 0.4) is 0 Å². The molecular formula is C13H16N6O2. The second-order valence-corrected chi connectivity index (χ2v) is 4.77. The van der Waals surface area contributed by atoms with Crippen molar-refractivity contribution in [2.24, 2.45) is 0 Å². The number of pyridine rings is 1. The molecule has 0 saturated carbocycles. The number of aliphatic hydroxyl groups excluding tert-OH is 1. The predicted octanol–water partition coefficient (Wildman–Crippen LogP) is 0.231. The van der Waals surface area contributed by atoms with Crippen LogP contribution in [0.1, 0.15) is 25.1 Å². The van der Waals surface area contributed by atoms with Crippen LogP contribution in [0.4, 0.5) is 0 Å². The molecule has 110 valence electrons. The summed E-state index contributed by atoms with van der Waals surface area (Å²) in [5, 5.41) is 21.8. The zero-order valence-corrected chi connectivity index (χ0v) is 11.6. The Morgan fingerprint density at radius 3 is 2.95 bits per heavy atom. The van der Waals surface area contributed by atoms with E-state index in [1.165, 1.54) is 9.08 Å². The Labute approximate surface area is 120 Å². The molecule has 3 aromatic rings. The van der Waals surface area contributed by atoms with Crippen molar-refractivity contribution in [3.8, 4) is 0 Å². The van der Waals surface area contributed by atoms with Gasteiger partial charge in [0, 0.05) is 6.20 Å². The minimum absolute atomic E-state index is 0.181. The van der Waals surface area contributed by atoms with Crippen molar-refractivity contribution in [3.63, 3.8) is 0 Å². The van der Waals surface area contributed by atoms with Gasteiger partial charge in [0.05, 0.1) is 25.4 Å². The van der Waals surface area contributed by atoms with Gasteiger partial charge >= 0.3 is 5.69 Å². The van der Waals surface area contributed by atoms with Gasteiger partial charge in [-0.3, -0.25) is 9.08 Å². The number of aliphatic hydroxyl groups is 1. The van der Waals surface area contributed by atoms with E-state index in [2.05, 4.69) is 15.4 Å². The zero-order valence-electron chi connectivity index (χ0n) is 11.6. The van der Waals surface area contributed by atoms with Gasteiger partial charge in [0.1, 0.15) is 5.69 Å². The van der Waals surface area contributed by atoms with Gasteiger partial charge in [-0.05, 0) is 18.6 Å². The van der Waals surface area contributed by atoms with Gasteiger partial charge in [0.25, 0.3) is 0 Å². The Bertz CT molecular complexity index is 802. The molecule has 21 heavy (non-hydrogen) atoms. The summed E-state index contributed by atoms with van der Waals surface area (Å²) in [6, 6.07) is 5.40. The third-order valence-corrected chi connectivity index (χ3v) is 3.31. The fourth-order valence-corrected chi connectivity index (χ4v) is 2.10. The van der Waals surface area contributed by atoms with Gasteiger partial charge < -0.3 is 5.11 Å². The van der Waals surface area contributed by atoms with Gasteiger partial charge in [-0.15, -0.1) is 10.2 Å². The molecule has 0 radical (unpaired) electrons. The zero-order chi connectivity index (χ0) is 14.8. The lowest BCUT2D eigenvalue weighted by Crippen LogP contribution is -2.23. The summed E-state index contributed by atoms with van der Waals surface area (Å²) in [4.78, 5) is 12.1. The highest BCUT2D eigenvalue weighted by Gasteiger charge is 2.10. The van der Waals surface area contributed by atoms with E-state index >= 15 is 0 Å². The van der Waals surface area contributed by atoms with Gasteiger partial charge in [-0.2, -0.15) is 0 Å². The molecule has 0 spiro atoms. The summed E-state index contributed by atoms with van der Waals surface area (Å²) < 4.78 is 4.49. The second-order valence-electron chi connectivity index (χ2n) is 4.77. The van der Waals surface area contributed by atoms with E-state index in [4.69, 9.17) is 0 Å². The molecule has 3 heterocycles. The second kappa shape index (κ2) is 5.49. The minimum Gasteiger partial charge on any atom is -0.387 e. The van der Waals surface area contributed by atoms with Crippen LogP contribution in [0.25, 0.3) is 5.65 Å². The highest BCUT2D eigenvalue weighted by atomic mass is 16.3. The van der Waals surface area contributed by atoms with Crippen LogP contribution < -0.4 is 5.69 Å². The first-order valence-electron chi connectivity index (χ1n) is 6.81. The van der Waals surface area contributed by atoms with Gasteiger partial charge in [0.2, 0.25) is 0 Å². The minimum atomic E-state index is -0.600. The Hall–Kier alpha value is -2.48. The third-order valence-electron chi connectivity index (χ3n) is 3.31. The molecule has 1 atom stereocenters. The van der Waals surface area contributed by atoms with E-state index in [1.807, 2.05) is 13.0 Å². The summed E-state index contributed by atoms with van der Waals surface area (Å²) in [7, 11) is 0. The first-order chi connectivity index (χ1) is 10.2. The van der Waals surface area contributed by atoms with Crippen LogP contribution in [-0.4, -0.2) is 34.3 Å². The van der Waals surface area contributed by atoms with Crippen molar-refractivity contribution in [2.75, 3.05) is 0 Å². The molecule has 0 bridgehead atoms. The molecule has 3 aromatic heterocycles. The molecule has 0 aliphatic heterocycles. The van der Waals surface area contributed by atoms with Crippen LogP contribution in [0.5, 0.6) is 0 Å². The SMILES string of the molecule is CCC(O)c1cn(CCn2nc3ccccn3c2=O)nn1. The van der Waals surface area contributed by atoms with E-state index in [9.17, 15) is 9.90 Å². The highest BCUT2D eigenvalue weighted by Crippen LogP contribution is 2.11. The molecule has 8 nitrogen and oxygen atoms in total. The predicted molar refractivity (Wildman–Crippen MR) is 74.7 cm³/mol. The molecule has 8 heteroatoms. The average Bonchev–Trinajstić information content (AvgIpc) is 3.10. The molecule has 0 amide bonds. The summed E-state index contributed by atoms with van der Waals surface area (Å²) >= 11 is 0. The number of rotatable bonds is 5. The quantitative estimate of drug-likeness (QED) is 0.726. The van der Waals surface area contributed by atoms with E-state index in [0.717, 1.165) is 0 Å². The van der Waals surface area contributed by atoms with Gasteiger partial charge in [0.15, 0.2) is 5.65 Å². The van der Waals surface area contributed by atoms with E-state index in [1.54, 1.807) is 29.2 Å². The van der Waals surface area contributed by atoms with Gasteiger partial charge in [-0.1, -0.05) is 18.2 Å². The largest absolute Gasteiger partial charge is 0.387 e. The molecule has 0 aliphatic rings. The lowest BCUT2D eigenvalue weighted by atomic mass is 10.2. The van der Waals surface area contributed by atoms with Crippen molar-refractivity contribution in [2.45, 2.75) is 32.5 Å². The lowest BCUT2D eigenvalue weighted by molar-refractivity contribution is 0.168. The normalized spacial score (nSPS) is 12.9. The lowest BCUT2D eigenvalue weighted by Gasteiger charge is -2.01. The maximum absolute atomic E-state index is 12.1. The van der Waals surface area contributed by atoms with Crippen LogP contribution in [-0.2, 0) is 13.1 Å². The highest BCUT2D eigenvalue weighted by molar-refractivity contribution is 5.35. The van der Waals surface area contributed by atoms with Crippen LogP contribution in [0.2, 0.25) is 0 Å². The molecular weight excluding hydrogens is 272 g/mol. The first-order valence-corrected chi connectivity index (χ1v) is 6.81. The number of aromatic nitrogens is 6. The molecule has 1 unspecified atom stereocenters. The van der Waals surface area contributed by atoms with Crippen molar-refractivity contribution >= 4 is 5.65 Å². The van der Waals surface area contributed by atoms with Crippen molar-refractivity contribution < 1.29 is 5.11 Å². The van der Waals surface area contributed by atoms with E-state index < -0.39 is 6.10 Å². The fourth-order valence-electron chi connectivity index (χ4n) is 2.10. The number of nitrogens with zero attached hydrogens (tertiary/aromatic N) is 6. The summed E-state index contributed by atoms with van der Waals surface area (Å²) in [5.74, 6) is 0. The van der Waals surface area contributed by atoms with Crippen LogP contribution in [0, 0.1) is 0 Å². The number of hydrogen-bond donors (Lipinski definition) is 1. The Morgan fingerprint density at radius 1 is 1.33 bits per heavy atom. The number of aryl methyl sites for hydroxylation is 2. The summed E-state index contributed by atoms with van der Waals surface area (Å²) in [6.07, 6.45) is 3.36. The van der Waals surface area contributed by atoms with Crippen molar-refractivity contribution in [1.29, 1.82) is 0 Å². The number of fused-ring (bicyclic) bond motifs is 1. The van der Waals surface area contributed by atoms with Crippen LogP contribution >= 0.6 is 0 Å². The maximum Gasteiger partial charge on any atom is 0.350 e. The number of hydrogen-bond acceptors (Lipinski definition) is 5. The molecule has 0 aliphatic carbocycles. The molecule has 0 aromatic carbocycles. The third kappa shape index (κ3) is 2.57. The van der Waals surface area contributed by atoms with Crippen molar-refractivity contribution in [1.82, 2.24) is 29.2 Å². The topological polar surface area (TPSA) is 90.2 Å². The molecule has 0 saturated heterocycles. The summed E-state index contributed by atoms with van der Waals surface area (Å²) in [5.41, 5.74) is 0.975. The van der Waals surface area contributed by atoms with Crippen molar-refractivity contribution in [3.05, 3.63) is 46.8 Å². The Morgan fingerprint density at radius 2 is 2.19 bits per heavy atom. The average molecular weight is 288 g/mol. The molecule has 3 rings (SSSR count). The Balaban J connectivity index is 1.76. The van der Waals surface area contributed by atoms with Gasteiger partial charge in [-0.25, -0.2) is 9.48 Å². The smallest absolute Gasteiger partial charge is 0.350 e. The van der Waals surface area contributed by atoms with E-state index in [-0.39, 0.29) is 5.69 Å². The summed E-state index contributed by atoms with van der Waals surface area (Å²) in [6.45, 7) is 2.73. The van der Waals surface area contributed by atoms with Crippen LogP contribution in [0.15, 0.2) is 35.4 Å². The molecule has 1 N–H and O–H groups in total.